The van der Waals surface area contributed by atoms with Crippen LogP contribution in [0.1, 0.15) is 5.56 Å². The van der Waals surface area contributed by atoms with Crippen molar-refractivity contribution in [1.29, 1.82) is 0 Å². The highest BCUT2D eigenvalue weighted by molar-refractivity contribution is 6.28. The number of rotatable bonds is 5. The van der Waals surface area contributed by atoms with E-state index < -0.39 is 0 Å². The number of nitrogen functional groups attached to an aromatic ring is 1. The summed E-state index contributed by atoms with van der Waals surface area (Å²) in [4.78, 5) is 7.83. The molecule has 0 aliphatic rings. The van der Waals surface area contributed by atoms with Gasteiger partial charge in [-0.05, 0) is 35.7 Å². The van der Waals surface area contributed by atoms with E-state index in [2.05, 4.69) is 15.3 Å². The molecule has 0 aliphatic heterocycles. The minimum Gasteiger partial charge on any atom is -0.497 e. The third-order valence-electron chi connectivity index (χ3n) is 2.65. The van der Waals surface area contributed by atoms with Crippen molar-refractivity contribution < 1.29 is 4.74 Å². The summed E-state index contributed by atoms with van der Waals surface area (Å²) in [5.74, 6) is 1.41. The number of aromatic nitrogens is 2. The third-order valence-corrected chi connectivity index (χ3v) is 2.83. The van der Waals surface area contributed by atoms with Crippen LogP contribution in [0.15, 0.2) is 30.5 Å². The molecule has 0 unspecified atom stereocenters. The Hall–Kier alpha value is -2.01. The maximum absolute atomic E-state index is 5.74. The molecule has 1 heterocycles. The lowest BCUT2D eigenvalue weighted by Gasteiger charge is -2.08. The fourth-order valence-electron chi connectivity index (χ4n) is 1.63. The van der Waals surface area contributed by atoms with E-state index in [1.54, 1.807) is 7.11 Å². The van der Waals surface area contributed by atoms with Crippen LogP contribution < -0.4 is 15.8 Å². The maximum atomic E-state index is 5.74. The Kier molecular flexibility index (Phi) is 4.41. The highest BCUT2D eigenvalue weighted by Gasteiger charge is 2.02. The summed E-state index contributed by atoms with van der Waals surface area (Å²) in [6.07, 6.45) is 2.34. The van der Waals surface area contributed by atoms with Gasteiger partial charge in [-0.1, -0.05) is 12.1 Å². The lowest BCUT2D eigenvalue weighted by atomic mass is 10.1. The molecule has 0 saturated heterocycles. The van der Waals surface area contributed by atoms with Crippen molar-refractivity contribution in [2.75, 3.05) is 24.7 Å². The zero-order valence-electron chi connectivity index (χ0n) is 10.6. The second kappa shape index (κ2) is 6.24. The molecular weight excluding hydrogens is 264 g/mol. The number of halogens is 1. The number of nitrogens with zero attached hydrogens (tertiary/aromatic N) is 2. The third kappa shape index (κ3) is 3.72. The Morgan fingerprint density at radius 3 is 2.74 bits per heavy atom. The summed E-state index contributed by atoms with van der Waals surface area (Å²) >= 11 is 5.71. The van der Waals surface area contributed by atoms with Crippen LogP contribution in [0.5, 0.6) is 5.75 Å². The number of hydrogen-bond acceptors (Lipinski definition) is 5. The minimum absolute atomic E-state index is 0.182. The monoisotopic (exact) mass is 278 g/mol. The normalized spacial score (nSPS) is 10.2. The highest BCUT2D eigenvalue weighted by Crippen LogP contribution is 2.16. The Morgan fingerprint density at radius 2 is 2.05 bits per heavy atom. The van der Waals surface area contributed by atoms with E-state index >= 15 is 0 Å². The Labute approximate surface area is 116 Å². The quantitative estimate of drug-likeness (QED) is 0.822. The van der Waals surface area contributed by atoms with Gasteiger partial charge in [0.25, 0.3) is 0 Å². The number of hydrogen-bond donors (Lipinski definition) is 2. The van der Waals surface area contributed by atoms with Crippen LogP contribution in [0, 0.1) is 0 Å². The summed E-state index contributed by atoms with van der Waals surface area (Å²) in [6.45, 7) is 0.712. The average Bonchev–Trinajstić information content (AvgIpc) is 2.43. The van der Waals surface area contributed by atoms with Gasteiger partial charge in [-0.3, -0.25) is 0 Å². The molecule has 0 atom stereocenters. The summed E-state index contributed by atoms with van der Waals surface area (Å²) in [5, 5.41) is 3.32. The SMILES string of the molecule is COc1ccc(CCNc2nc(Cl)ncc2N)cc1. The number of nitrogens with two attached hydrogens (primary N) is 1. The molecule has 0 spiro atoms. The molecule has 0 aliphatic carbocycles. The van der Waals surface area contributed by atoms with Crippen molar-refractivity contribution in [3.63, 3.8) is 0 Å². The van der Waals surface area contributed by atoms with Gasteiger partial charge >= 0.3 is 0 Å². The van der Waals surface area contributed by atoms with Crippen molar-refractivity contribution in [3.05, 3.63) is 41.3 Å². The van der Waals surface area contributed by atoms with E-state index in [0.717, 1.165) is 12.2 Å². The Balaban J connectivity index is 1.90. The fraction of sp³-hybridized carbons (Fsp3) is 0.231. The van der Waals surface area contributed by atoms with E-state index in [4.69, 9.17) is 22.1 Å². The number of nitrogens with one attached hydrogen (secondary N) is 1. The van der Waals surface area contributed by atoms with E-state index in [-0.39, 0.29) is 5.28 Å². The Morgan fingerprint density at radius 1 is 1.32 bits per heavy atom. The molecule has 100 valence electrons. The molecule has 5 nitrogen and oxygen atoms in total. The number of benzene rings is 1. The van der Waals surface area contributed by atoms with Gasteiger partial charge in [-0.15, -0.1) is 0 Å². The molecule has 0 amide bonds. The van der Waals surface area contributed by atoms with Gasteiger partial charge < -0.3 is 15.8 Å². The first-order valence-corrected chi connectivity index (χ1v) is 6.21. The first-order chi connectivity index (χ1) is 9.19. The molecule has 1 aromatic heterocycles. The number of methoxy groups -OCH3 is 1. The second-order valence-corrected chi connectivity index (χ2v) is 4.31. The zero-order valence-corrected chi connectivity index (χ0v) is 11.3. The minimum atomic E-state index is 0.182. The van der Waals surface area contributed by atoms with E-state index in [9.17, 15) is 0 Å². The molecule has 2 rings (SSSR count). The van der Waals surface area contributed by atoms with E-state index in [1.165, 1.54) is 11.8 Å². The van der Waals surface area contributed by atoms with E-state index in [0.29, 0.717) is 18.1 Å². The van der Waals surface area contributed by atoms with Gasteiger partial charge in [0.2, 0.25) is 5.28 Å². The summed E-state index contributed by atoms with van der Waals surface area (Å²) in [5.41, 5.74) is 7.43. The molecule has 0 fully saturated rings. The zero-order chi connectivity index (χ0) is 13.7. The average molecular weight is 279 g/mol. The highest BCUT2D eigenvalue weighted by atomic mass is 35.5. The van der Waals surface area contributed by atoms with Crippen LogP contribution in [-0.4, -0.2) is 23.6 Å². The predicted octanol–water partition coefficient (Wildman–Crippen LogP) is 2.38. The lowest BCUT2D eigenvalue weighted by Crippen LogP contribution is -2.09. The van der Waals surface area contributed by atoms with Crippen LogP contribution in [0.3, 0.4) is 0 Å². The lowest BCUT2D eigenvalue weighted by molar-refractivity contribution is 0.414. The molecule has 19 heavy (non-hydrogen) atoms. The van der Waals surface area contributed by atoms with Gasteiger partial charge in [0, 0.05) is 6.54 Å². The Bertz CT molecular complexity index is 545. The molecule has 3 N–H and O–H groups in total. The van der Waals surface area contributed by atoms with Gasteiger partial charge in [0.15, 0.2) is 5.82 Å². The smallest absolute Gasteiger partial charge is 0.224 e. The number of ether oxygens (including phenoxy) is 1. The summed E-state index contributed by atoms with van der Waals surface area (Å²) < 4.78 is 5.11. The largest absolute Gasteiger partial charge is 0.497 e. The molecule has 0 bridgehead atoms. The topological polar surface area (TPSA) is 73.1 Å². The molecular formula is C13H15ClN4O. The second-order valence-electron chi connectivity index (χ2n) is 3.97. The van der Waals surface area contributed by atoms with Gasteiger partial charge in [0.1, 0.15) is 5.75 Å². The van der Waals surface area contributed by atoms with Gasteiger partial charge in [-0.25, -0.2) is 4.98 Å². The van der Waals surface area contributed by atoms with E-state index in [1.807, 2.05) is 24.3 Å². The van der Waals surface area contributed by atoms with Crippen LogP contribution in [0.4, 0.5) is 11.5 Å². The molecule has 0 saturated carbocycles. The first-order valence-electron chi connectivity index (χ1n) is 5.84. The van der Waals surface area contributed by atoms with Crippen LogP contribution in [-0.2, 0) is 6.42 Å². The van der Waals surface area contributed by atoms with Crippen LogP contribution in [0.25, 0.3) is 0 Å². The molecule has 1 aromatic carbocycles. The summed E-state index contributed by atoms with van der Waals surface area (Å²) in [7, 11) is 1.65. The van der Waals surface area contributed by atoms with Crippen molar-refractivity contribution in [2.45, 2.75) is 6.42 Å². The van der Waals surface area contributed by atoms with Crippen molar-refractivity contribution in [3.8, 4) is 5.75 Å². The summed E-state index contributed by atoms with van der Waals surface area (Å²) in [6, 6.07) is 7.92. The number of anilines is 2. The van der Waals surface area contributed by atoms with Crippen LogP contribution >= 0.6 is 11.6 Å². The van der Waals surface area contributed by atoms with Crippen molar-refractivity contribution in [2.24, 2.45) is 0 Å². The molecule has 6 heteroatoms. The van der Waals surface area contributed by atoms with Gasteiger partial charge in [-0.2, -0.15) is 4.98 Å². The fourth-order valence-corrected chi connectivity index (χ4v) is 1.76. The predicted molar refractivity (Wildman–Crippen MR) is 76.6 cm³/mol. The van der Waals surface area contributed by atoms with Crippen molar-refractivity contribution in [1.82, 2.24) is 9.97 Å². The van der Waals surface area contributed by atoms with Crippen LogP contribution in [0.2, 0.25) is 5.28 Å². The maximum Gasteiger partial charge on any atom is 0.224 e. The standard InChI is InChI=1S/C13H15ClN4O/c1-19-10-4-2-9(3-5-10)6-7-16-12-11(15)8-17-13(14)18-12/h2-5,8H,6-7,15H2,1H3,(H,16,17,18). The molecule has 2 aromatic rings. The van der Waals surface area contributed by atoms with Crippen molar-refractivity contribution >= 4 is 23.1 Å². The van der Waals surface area contributed by atoms with Gasteiger partial charge in [0.05, 0.1) is 19.0 Å². The first kappa shape index (κ1) is 13.4. The molecule has 0 radical (unpaired) electrons.